The van der Waals surface area contributed by atoms with Crippen LogP contribution in [0.2, 0.25) is 0 Å². The molecule has 19 heavy (non-hydrogen) atoms. The van der Waals surface area contributed by atoms with E-state index in [-0.39, 0.29) is 5.91 Å². The van der Waals surface area contributed by atoms with Gasteiger partial charge in [-0.15, -0.1) is 0 Å². The summed E-state index contributed by atoms with van der Waals surface area (Å²) in [7, 11) is 1.65. The van der Waals surface area contributed by atoms with Crippen molar-refractivity contribution in [3.63, 3.8) is 0 Å². The fraction of sp³-hybridized carbons (Fsp3) is 0.533. The molecule has 0 aliphatic carbocycles. The predicted octanol–water partition coefficient (Wildman–Crippen LogP) is 2.47. The van der Waals surface area contributed by atoms with Crippen LogP contribution in [0.4, 0.5) is 5.69 Å². The van der Waals surface area contributed by atoms with E-state index in [1.165, 1.54) is 0 Å². The molecule has 1 aliphatic rings. The fourth-order valence-electron chi connectivity index (χ4n) is 2.48. The summed E-state index contributed by atoms with van der Waals surface area (Å²) in [5.41, 5.74) is 1.38. The molecular formula is C15H22N2O2. The maximum absolute atomic E-state index is 12.4. The molecule has 104 valence electrons. The van der Waals surface area contributed by atoms with Crippen molar-refractivity contribution in [3.05, 3.63) is 23.8 Å². The first-order valence-corrected chi connectivity index (χ1v) is 6.76. The third kappa shape index (κ3) is 3.07. The van der Waals surface area contributed by atoms with E-state index < -0.39 is 5.54 Å². The van der Waals surface area contributed by atoms with Crippen LogP contribution in [0.5, 0.6) is 5.75 Å². The second-order valence-corrected chi connectivity index (χ2v) is 5.35. The van der Waals surface area contributed by atoms with Crippen LogP contribution in [-0.4, -0.2) is 25.1 Å². The van der Waals surface area contributed by atoms with E-state index in [1.54, 1.807) is 7.11 Å². The number of carbonyl (C=O) groups excluding carboxylic acids is 1. The van der Waals surface area contributed by atoms with Crippen molar-refractivity contribution >= 4 is 11.6 Å². The first-order valence-electron chi connectivity index (χ1n) is 6.76. The minimum absolute atomic E-state index is 0.0387. The molecule has 0 radical (unpaired) electrons. The van der Waals surface area contributed by atoms with Gasteiger partial charge >= 0.3 is 0 Å². The van der Waals surface area contributed by atoms with E-state index >= 15 is 0 Å². The molecular weight excluding hydrogens is 240 g/mol. The summed E-state index contributed by atoms with van der Waals surface area (Å²) in [5.74, 6) is 0.872. The van der Waals surface area contributed by atoms with E-state index in [0.717, 1.165) is 42.8 Å². The summed E-state index contributed by atoms with van der Waals surface area (Å²) in [5, 5.41) is 6.30. The van der Waals surface area contributed by atoms with Crippen molar-refractivity contribution in [2.24, 2.45) is 0 Å². The van der Waals surface area contributed by atoms with Crippen LogP contribution in [0.15, 0.2) is 18.2 Å². The first kappa shape index (κ1) is 13.9. The molecule has 1 amide bonds. The van der Waals surface area contributed by atoms with Gasteiger partial charge in [0.15, 0.2) is 0 Å². The van der Waals surface area contributed by atoms with Crippen LogP contribution in [0.1, 0.15) is 31.7 Å². The molecule has 1 aromatic carbocycles. The third-order valence-corrected chi connectivity index (χ3v) is 3.77. The lowest BCUT2D eigenvalue weighted by atomic mass is 9.90. The van der Waals surface area contributed by atoms with Crippen LogP contribution in [-0.2, 0) is 4.79 Å². The fourth-order valence-corrected chi connectivity index (χ4v) is 2.48. The van der Waals surface area contributed by atoms with Crippen molar-refractivity contribution in [2.45, 2.75) is 38.6 Å². The summed E-state index contributed by atoms with van der Waals surface area (Å²) >= 11 is 0. The first-order chi connectivity index (χ1) is 9.05. The van der Waals surface area contributed by atoms with Crippen molar-refractivity contribution in [1.82, 2.24) is 5.32 Å². The average molecular weight is 262 g/mol. The monoisotopic (exact) mass is 262 g/mol. The molecule has 1 fully saturated rings. The Hall–Kier alpha value is -1.55. The number of amides is 1. The van der Waals surface area contributed by atoms with Crippen molar-refractivity contribution in [1.29, 1.82) is 0 Å². The predicted molar refractivity (Wildman–Crippen MR) is 76.6 cm³/mol. The molecule has 1 atom stereocenters. The van der Waals surface area contributed by atoms with Gasteiger partial charge in [0.25, 0.3) is 0 Å². The Morgan fingerprint density at radius 2 is 2.21 bits per heavy atom. The van der Waals surface area contributed by atoms with Crippen molar-refractivity contribution < 1.29 is 9.53 Å². The van der Waals surface area contributed by atoms with Crippen LogP contribution in [0, 0.1) is 6.92 Å². The molecule has 1 aliphatic heterocycles. The van der Waals surface area contributed by atoms with Gasteiger partial charge in [0.1, 0.15) is 5.75 Å². The second-order valence-electron chi connectivity index (χ2n) is 5.35. The Kier molecular flexibility index (Phi) is 4.10. The summed E-state index contributed by atoms with van der Waals surface area (Å²) < 4.78 is 5.22. The van der Waals surface area contributed by atoms with E-state index in [2.05, 4.69) is 10.6 Å². The number of piperidine rings is 1. The van der Waals surface area contributed by atoms with E-state index in [0.29, 0.717) is 0 Å². The SMILES string of the molecule is COc1ccc(NC(=O)C2(C)CCCCN2)cc1C. The average Bonchev–Trinajstić information content (AvgIpc) is 2.40. The molecule has 4 nitrogen and oxygen atoms in total. The highest BCUT2D eigenvalue weighted by Gasteiger charge is 2.34. The molecule has 0 spiro atoms. The van der Waals surface area contributed by atoms with E-state index in [4.69, 9.17) is 4.74 Å². The van der Waals surface area contributed by atoms with Gasteiger partial charge in [-0.05, 0) is 63.4 Å². The van der Waals surface area contributed by atoms with Gasteiger partial charge in [-0.1, -0.05) is 0 Å². The third-order valence-electron chi connectivity index (χ3n) is 3.77. The van der Waals surface area contributed by atoms with Crippen LogP contribution in [0.25, 0.3) is 0 Å². The lowest BCUT2D eigenvalue weighted by Gasteiger charge is -2.33. The molecule has 4 heteroatoms. The van der Waals surface area contributed by atoms with E-state index in [9.17, 15) is 4.79 Å². The number of aryl methyl sites for hydroxylation is 1. The van der Waals surface area contributed by atoms with Crippen LogP contribution < -0.4 is 15.4 Å². The number of carbonyl (C=O) groups is 1. The molecule has 0 bridgehead atoms. The van der Waals surface area contributed by atoms with E-state index in [1.807, 2.05) is 32.0 Å². The number of benzene rings is 1. The number of anilines is 1. The lowest BCUT2D eigenvalue weighted by Crippen LogP contribution is -2.54. The Labute approximate surface area is 114 Å². The quantitative estimate of drug-likeness (QED) is 0.880. The number of hydrogen-bond acceptors (Lipinski definition) is 3. The van der Waals surface area contributed by atoms with Gasteiger partial charge in [0.2, 0.25) is 5.91 Å². The number of methoxy groups -OCH3 is 1. The topological polar surface area (TPSA) is 50.4 Å². The molecule has 2 rings (SSSR count). The summed E-state index contributed by atoms with van der Waals surface area (Å²) in [6, 6.07) is 5.68. The Morgan fingerprint density at radius 1 is 1.42 bits per heavy atom. The Balaban J connectivity index is 2.08. The standard InChI is InChI=1S/C15H22N2O2/c1-11-10-12(6-7-13(11)19-3)17-14(18)15(2)8-4-5-9-16-15/h6-7,10,16H,4-5,8-9H2,1-3H3,(H,17,18). The Morgan fingerprint density at radius 3 is 2.79 bits per heavy atom. The smallest absolute Gasteiger partial charge is 0.244 e. The van der Waals surface area contributed by atoms with Gasteiger partial charge in [0, 0.05) is 5.69 Å². The summed E-state index contributed by atoms with van der Waals surface area (Å²) in [6.45, 7) is 4.85. The zero-order chi connectivity index (χ0) is 13.9. The normalized spacial score (nSPS) is 22.9. The van der Waals surface area contributed by atoms with Crippen LogP contribution >= 0.6 is 0 Å². The van der Waals surface area contributed by atoms with Crippen molar-refractivity contribution in [2.75, 3.05) is 19.0 Å². The maximum Gasteiger partial charge on any atom is 0.244 e. The highest BCUT2D eigenvalue weighted by molar-refractivity contribution is 5.98. The van der Waals surface area contributed by atoms with Gasteiger partial charge in [-0.2, -0.15) is 0 Å². The van der Waals surface area contributed by atoms with Gasteiger partial charge < -0.3 is 15.4 Å². The van der Waals surface area contributed by atoms with Gasteiger partial charge in [0.05, 0.1) is 12.6 Å². The van der Waals surface area contributed by atoms with Gasteiger partial charge in [-0.25, -0.2) is 0 Å². The summed E-state index contributed by atoms with van der Waals surface area (Å²) in [4.78, 5) is 12.4. The van der Waals surface area contributed by atoms with Crippen molar-refractivity contribution in [3.8, 4) is 5.75 Å². The second kappa shape index (κ2) is 5.61. The minimum atomic E-state index is -0.452. The van der Waals surface area contributed by atoms with Crippen LogP contribution in [0.3, 0.4) is 0 Å². The maximum atomic E-state index is 12.4. The number of ether oxygens (including phenoxy) is 1. The molecule has 2 N–H and O–H groups in total. The minimum Gasteiger partial charge on any atom is -0.496 e. The molecule has 0 aromatic heterocycles. The highest BCUT2D eigenvalue weighted by atomic mass is 16.5. The summed E-state index contributed by atoms with van der Waals surface area (Å²) in [6.07, 6.45) is 3.12. The zero-order valence-electron chi connectivity index (χ0n) is 11.9. The molecule has 1 saturated heterocycles. The molecule has 1 aromatic rings. The largest absolute Gasteiger partial charge is 0.496 e. The molecule has 1 unspecified atom stereocenters. The molecule has 1 heterocycles. The number of hydrogen-bond donors (Lipinski definition) is 2. The van der Waals surface area contributed by atoms with Gasteiger partial charge in [-0.3, -0.25) is 4.79 Å². The number of rotatable bonds is 3. The molecule has 0 saturated carbocycles. The zero-order valence-corrected chi connectivity index (χ0v) is 11.9. The Bertz CT molecular complexity index is 465. The number of nitrogens with one attached hydrogen (secondary N) is 2. The highest BCUT2D eigenvalue weighted by Crippen LogP contribution is 2.24. The lowest BCUT2D eigenvalue weighted by molar-refractivity contribution is -0.122.